The van der Waals surface area contributed by atoms with Crippen LogP contribution in [0.5, 0.6) is 0 Å². The van der Waals surface area contributed by atoms with Gasteiger partial charge in [0.1, 0.15) is 0 Å². The number of hydrogen-bond acceptors (Lipinski definition) is 3. The van der Waals surface area contributed by atoms with Gasteiger partial charge in [0.2, 0.25) is 0 Å². The molecule has 0 spiro atoms. The number of halogens is 3. The van der Waals surface area contributed by atoms with Gasteiger partial charge in [-0.25, -0.2) is 0 Å². The summed E-state index contributed by atoms with van der Waals surface area (Å²) in [4.78, 5) is 17.3. The summed E-state index contributed by atoms with van der Waals surface area (Å²) in [6.07, 6.45) is -2.08. The standard InChI is InChI=1S/C21H30F3N3O/c1-3-26(4-2)13-17-14-27-10-9-16(17)11-19(27)12-25-20(28)15-5-7-18(8-6-15)21(22,23)24/h5-8,16-17,19H,3-4,9-14H2,1-2H3,(H,25,28)/t16-,17-,19+/m0/s1. The molecular formula is C21H30F3N3O. The first-order valence-corrected chi connectivity index (χ1v) is 10.2. The van der Waals surface area contributed by atoms with E-state index in [2.05, 4.69) is 29.0 Å². The molecule has 2 bridgehead atoms. The maximum absolute atomic E-state index is 12.6. The lowest BCUT2D eigenvalue weighted by Crippen LogP contribution is -2.58. The van der Waals surface area contributed by atoms with Gasteiger partial charge in [-0.15, -0.1) is 0 Å². The lowest BCUT2D eigenvalue weighted by molar-refractivity contribution is -0.137. The third-order valence-corrected chi connectivity index (χ3v) is 6.37. The number of carbonyl (C=O) groups is 1. The molecule has 1 unspecified atom stereocenters. The van der Waals surface area contributed by atoms with Crippen molar-refractivity contribution in [1.82, 2.24) is 15.1 Å². The number of benzene rings is 1. The molecule has 3 fully saturated rings. The Morgan fingerprint density at radius 1 is 1.21 bits per heavy atom. The average molecular weight is 397 g/mol. The van der Waals surface area contributed by atoms with Gasteiger partial charge in [-0.05, 0) is 68.6 Å². The fraction of sp³-hybridized carbons (Fsp3) is 0.667. The highest BCUT2D eigenvalue weighted by Crippen LogP contribution is 2.36. The number of hydrogen-bond donors (Lipinski definition) is 1. The van der Waals surface area contributed by atoms with Crippen LogP contribution in [0.1, 0.15) is 42.6 Å². The van der Waals surface area contributed by atoms with Crippen LogP contribution in [0, 0.1) is 11.8 Å². The Morgan fingerprint density at radius 2 is 1.89 bits per heavy atom. The first-order chi connectivity index (χ1) is 13.3. The summed E-state index contributed by atoms with van der Waals surface area (Å²) in [7, 11) is 0. The van der Waals surface area contributed by atoms with E-state index in [-0.39, 0.29) is 11.5 Å². The molecule has 3 aliphatic rings. The summed E-state index contributed by atoms with van der Waals surface area (Å²) < 4.78 is 37.9. The molecule has 3 heterocycles. The number of amides is 1. The molecular weight excluding hydrogens is 367 g/mol. The molecule has 156 valence electrons. The Hall–Kier alpha value is -1.60. The van der Waals surface area contributed by atoms with Crippen LogP contribution < -0.4 is 5.32 Å². The molecule has 1 N–H and O–H groups in total. The van der Waals surface area contributed by atoms with Crippen LogP contribution in [0.2, 0.25) is 0 Å². The zero-order valence-corrected chi connectivity index (χ0v) is 16.6. The quantitative estimate of drug-likeness (QED) is 0.765. The topological polar surface area (TPSA) is 35.6 Å². The summed E-state index contributed by atoms with van der Waals surface area (Å²) in [6, 6.07) is 4.72. The van der Waals surface area contributed by atoms with Gasteiger partial charge in [0.25, 0.3) is 5.91 Å². The van der Waals surface area contributed by atoms with E-state index in [1.165, 1.54) is 18.6 Å². The molecule has 1 aromatic carbocycles. The van der Waals surface area contributed by atoms with Crippen LogP contribution in [0.3, 0.4) is 0 Å². The fourth-order valence-electron chi connectivity index (χ4n) is 4.61. The smallest absolute Gasteiger partial charge is 0.350 e. The predicted octanol–water partition coefficient (Wildman–Crippen LogP) is 3.49. The second-order valence-electron chi connectivity index (χ2n) is 7.96. The van der Waals surface area contributed by atoms with Crippen LogP contribution >= 0.6 is 0 Å². The SMILES string of the molecule is CCN(CC)C[C@H]1CN2CC[C@H]1C[C@@H]2CNC(=O)c1ccc(C(F)(F)F)cc1. The maximum atomic E-state index is 12.6. The largest absolute Gasteiger partial charge is 0.416 e. The summed E-state index contributed by atoms with van der Waals surface area (Å²) in [5, 5.41) is 2.92. The average Bonchev–Trinajstić information content (AvgIpc) is 2.70. The minimum atomic E-state index is -4.38. The molecule has 4 rings (SSSR count). The minimum absolute atomic E-state index is 0.267. The minimum Gasteiger partial charge on any atom is -0.350 e. The summed E-state index contributed by atoms with van der Waals surface area (Å²) >= 11 is 0. The molecule has 28 heavy (non-hydrogen) atoms. The Labute approximate surface area is 165 Å². The number of fused-ring (bicyclic) bond motifs is 3. The monoisotopic (exact) mass is 397 g/mol. The van der Waals surface area contributed by atoms with Gasteiger partial charge >= 0.3 is 6.18 Å². The molecule has 7 heteroatoms. The van der Waals surface area contributed by atoms with E-state index in [4.69, 9.17) is 0 Å². The van der Waals surface area contributed by atoms with Crippen molar-refractivity contribution in [2.45, 2.75) is 38.9 Å². The molecule has 0 aliphatic carbocycles. The van der Waals surface area contributed by atoms with Crippen LogP contribution in [0.25, 0.3) is 0 Å². The van der Waals surface area contributed by atoms with Gasteiger partial charge in [-0.3, -0.25) is 9.69 Å². The molecule has 4 atom stereocenters. The van der Waals surface area contributed by atoms with E-state index >= 15 is 0 Å². The number of rotatable bonds is 7. The van der Waals surface area contributed by atoms with Crippen molar-refractivity contribution in [3.8, 4) is 0 Å². The van der Waals surface area contributed by atoms with Crippen LogP contribution in [-0.4, -0.2) is 61.0 Å². The zero-order valence-electron chi connectivity index (χ0n) is 16.6. The lowest BCUT2D eigenvalue weighted by atomic mass is 9.75. The Balaban J connectivity index is 1.51. The van der Waals surface area contributed by atoms with Gasteiger partial charge in [-0.2, -0.15) is 13.2 Å². The molecule has 0 saturated carbocycles. The molecule has 0 aromatic heterocycles. The molecule has 3 aliphatic heterocycles. The Morgan fingerprint density at radius 3 is 2.43 bits per heavy atom. The normalized spacial score (nSPS) is 27.2. The van der Waals surface area contributed by atoms with Crippen molar-refractivity contribution in [3.05, 3.63) is 35.4 Å². The number of nitrogens with one attached hydrogen (secondary N) is 1. The van der Waals surface area contributed by atoms with Crippen molar-refractivity contribution in [3.63, 3.8) is 0 Å². The van der Waals surface area contributed by atoms with Gasteiger partial charge in [0.15, 0.2) is 0 Å². The number of carbonyl (C=O) groups excluding carboxylic acids is 1. The summed E-state index contributed by atoms with van der Waals surface area (Å²) in [5.74, 6) is 1.07. The van der Waals surface area contributed by atoms with Gasteiger partial charge in [-0.1, -0.05) is 13.8 Å². The van der Waals surface area contributed by atoms with Gasteiger partial charge in [0, 0.05) is 31.2 Å². The van der Waals surface area contributed by atoms with Crippen molar-refractivity contribution in [2.24, 2.45) is 11.8 Å². The van der Waals surface area contributed by atoms with Gasteiger partial charge in [0.05, 0.1) is 5.56 Å². The molecule has 3 saturated heterocycles. The number of nitrogens with zero attached hydrogens (tertiary/aromatic N) is 2. The highest BCUT2D eigenvalue weighted by Gasteiger charge is 2.40. The van der Waals surface area contributed by atoms with Crippen LogP contribution in [0.15, 0.2) is 24.3 Å². The van der Waals surface area contributed by atoms with E-state index in [0.717, 1.165) is 51.3 Å². The highest BCUT2D eigenvalue weighted by atomic mass is 19.4. The number of alkyl halides is 3. The first kappa shape index (κ1) is 21.1. The molecule has 4 nitrogen and oxygen atoms in total. The third-order valence-electron chi connectivity index (χ3n) is 6.37. The Bertz CT molecular complexity index is 658. The fourth-order valence-corrected chi connectivity index (χ4v) is 4.61. The van der Waals surface area contributed by atoms with Crippen molar-refractivity contribution < 1.29 is 18.0 Å². The van der Waals surface area contributed by atoms with Crippen LogP contribution in [0.4, 0.5) is 13.2 Å². The first-order valence-electron chi connectivity index (χ1n) is 10.2. The van der Waals surface area contributed by atoms with E-state index in [0.29, 0.717) is 24.4 Å². The summed E-state index contributed by atoms with van der Waals surface area (Å²) in [6.45, 7) is 10.4. The van der Waals surface area contributed by atoms with Crippen molar-refractivity contribution >= 4 is 5.91 Å². The molecule has 1 aromatic rings. The van der Waals surface area contributed by atoms with Gasteiger partial charge < -0.3 is 10.2 Å². The van der Waals surface area contributed by atoms with Crippen LogP contribution in [-0.2, 0) is 6.18 Å². The second kappa shape index (κ2) is 8.82. The zero-order chi connectivity index (χ0) is 20.3. The third kappa shape index (κ3) is 4.87. The predicted molar refractivity (Wildman–Crippen MR) is 103 cm³/mol. The summed E-state index contributed by atoms with van der Waals surface area (Å²) in [5.41, 5.74) is -0.470. The maximum Gasteiger partial charge on any atom is 0.416 e. The number of piperidine rings is 3. The second-order valence-corrected chi connectivity index (χ2v) is 7.96. The Kier molecular flexibility index (Phi) is 6.65. The highest BCUT2D eigenvalue weighted by molar-refractivity contribution is 5.94. The van der Waals surface area contributed by atoms with E-state index in [1.807, 2.05) is 0 Å². The molecule has 1 amide bonds. The van der Waals surface area contributed by atoms with E-state index in [9.17, 15) is 18.0 Å². The van der Waals surface area contributed by atoms with Crippen molar-refractivity contribution in [2.75, 3.05) is 39.3 Å². The lowest BCUT2D eigenvalue weighted by Gasteiger charge is -2.51. The van der Waals surface area contributed by atoms with E-state index < -0.39 is 11.7 Å². The van der Waals surface area contributed by atoms with Crippen molar-refractivity contribution in [1.29, 1.82) is 0 Å². The molecule has 0 radical (unpaired) electrons. The van der Waals surface area contributed by atoms with E-state index in [1.54, 1.807) is 0 Å².